The van der Waals surface area contributed by atoms with E-state index in [9.17, 15) is 14.4 Å². The third-order valence-corrected chi connectivity index (χ3v) is 8.02. The van der Waals surface area contributed by atoms with Crippen LogP contribution in [0.2, 0.25) is 0 Å². The number of carbonyl (C=O) groups excluding carboxylic acids is 3. The van der Waals surface area contributed by atoms with Crippen molar-refractivity contribution in [3.05, 3.63) is 65.2 Å². The van der Waals surface area contributed by atoms with E-state index in [0.29, 0.717) is 11.3 Å². The van der Waals surface area contributed by atoms with Crippen LogP contribution in [0.15, 0.2) is 53.5 Å². The van der Waals surface area contributed by atoms with E-state index in [4.69, 9.17) is 0 Å². The zero-order valence-corrected chi connectivity index (χ0v) is 20.5. The molecule has 0 saturated carbocycles. The highest BCUT2D eigenvalue weighted by Crippen LogP contribution is 2.31. The average Bonchev–Trinajstić information content (AvgIpc) is 3.24. The number of nitrogens with one attached hydrogen (secondary N) is 2. The molecule has 3 aliphatic rings. The SMILES string of the molecule is O=C(C[C@@H]1SC(N2CCCCC2)=NC1=O)Nc1cccc(C(=O)N[C@@H]2CCCc3ccccc32)c1. The second kappa shape index (κ2) is 10.6. The van der Waals surface area contributed by atoms with Crippen LogP contribution in [-0.2, 0) is 16.0 Å². The van der Waals surface area contributed by atoms with Gasteiger partial charge in [-0.1, -0.05) is 42.1 Å². The van der Waals surface area contributed by atoms with Gasteiger partial charge in [0.2, 0.25) is 5.91 Å². The Balaban J connectivity index is 1.17. The van der Waals surface area contributed by atoms with Crippen LogP contribution in [0.3, 0.4) is 0 Å². The van der Waals surface area contributed by atoms with E-state index >= 15 is 0 Å². The molecule has 182 valence electrons. The number of rotatable bonds is 5. The third-order valence-electron chi connectivity index (χ3n) is 6.81. The minimum absolute atomic E-state index is 0.00907. The van der Waals surface area contributed by atoms with Crippen molar-refractivity contribution in [2.45, 2.75) is 56.2 Å². The van der Waals surface area contributed by atoms with Gasteiger partial charge in [0.05, 0.1) is 6.04 Å². The highest BCUT2D eigenvalue weighted by Gasteiger charge is 2.33. The minimum Gasteiger partial charge on any atom is -0.351 e. The van der Waals surface area contributed by atoms with Crippen LogP contribution in [0.25, 0.3) is 0 Å². The molecule has 3 amide bonds. The first-order valence-corrected chi connectivity index (χ1v) is 13.3. The number of hydrogen-bond donors (Lipinski definition) is 2. The molecule has 0 unspecified atom stereocenters. The van der Waals surface area contributed by atoms with Gasteiger partial charge in [0.1, 0.15) is 5.25 Å². The Kier molecular flexibility index (Phi) is 7.18. The maximum atomic E-state index is 13.0. The molecular formula is C27H30N4O3S. The van der Waals surface area contributed by atoms with Crippen molar-refractivity contribution < 1.29 is 14.4 Å². The first-order valence-electron chi connectivity index (χ1n) is 12.4. The Morgan fingerprint density at radius 1 is 1.03 bits per heavy atom. The molecule has 5 rings (SSSR count). The van der Waals surface area contributed by atoms with E-state index in [2.05, 4.69) is 32.7 Å². The van der Waals surface area contributed by atoms with E-state index in [1.807, 2.05) is 12.1 Å². The number of anilines is 1. The van der Waals surface area contributed by atoms with E-state index in [0.717, 1.165) is 50.4 Å². The summed E-state index contributed by atoms with van der Waals surface area (Å²) in [7, 11) is 0. The van der Waals surface area contributed by atoms with E-state index in [1.54, 1.807) is 24.3 Å². The molecule has 8 heteroatoms. The molecule has 2 atom stereocenters. The van der Waals surface area contributed by atoms with Gasteiger partial charge in [0.25, 0.3) is 11.8 Å². The Morgan fingerprint density at radius 2 is 1.86 bits per heavy atom. The van der Waals surface area contributed by atoms with Gasteiger partial charge in [-0.05, 0) is 67.9 Å². The normalized spacial score (nSPS) is 21.8. The molecule has 2 aromatic carbocycles. The predicted molar refractivity (Wildman–Crippen MR) is 139 cm³/mol. The zero-order valence-electron chi connectivity index (χ0n) is 19.7. The number of fused-ring (bicyclic) bond motifs is 1. The third kappa shape index (κ3) is 5.59. The Hall–Kier alpha value is -3.13. The first-order chi connectivity index (χ1) is 17.1. The molecule has 2 aromatic rings. The van der Waals surface area contributed by atoms with Crippen molar-refractivity contribution in [1.82, 2.24) is 10.2 Å². The highest BCUT2D eigenvalue weighted by atomic mass is 32.2. The molecule has 0 bridgehead atoms. The van der Waals surface area contributed by atoms with Crippen LogP contribution in [0.4, 0.5) is 5.69 Å². The minimum atomic E-state index is -0.496. The van der Waals surface area contributed by atoms with Crippen molar-refractivity contribution in [3.8, 4) is 0 Å². The molecule has 1 aliphatic carbocycles. The van der Waals surface area contributed by atoms with Crippen molar-refractivity contribution in [1.29, 1.82) is 0 Å². The number of benzene rings is 2. The van der Waals surface area contributed by atoms with Gasteiger partial charge in [0, 0.05) is 30.8 Å². The van der Waals surface area contributed by atoms with Crippen LogP contribution in [0.1, 0.15) is 66.1 Å². The summed E-state index contributed by atoms with van der Waals surface area (Å²) < 4.78 is 0. The summed E-state index contributed by atoms with van der Waals surface area (Å²) in [5.74, 6) is -0.666. The predicted octanol–water partition coefficient (Wildman–Crippen LogP) is 4.31. The summed E-state index contributed by atoms with van der Waals surface area (Å²) in [5, 5.41) is 6.25. The summed E-state index contributed by atoms with van der Waals surface area (Å²) in [5.41, 5.74) is 3.51. The fourth-order valence-corrected chi connectivity index (χ4v) is 6.11. The van der Waals surface area contributed by atoms with Crippen LogP contribution < -0.4 is 10.6 Å². The molecule has 2 heterocycles. The fraction of sp³-hybridized carbons (Fsp3) is 0.407. The van der Waals surface area contributed by atoms with Crippen LogP contribution in [0, 0.1) is 0 Å². The maximum Gasteiger partial charge on any atom is 0.262 e. The monoisotopic (exact) mass is 490 g/mol. The van der Waals surface area contributed by atoms with Crippen molar-refractivity contribution in [2.24, 2.45) is 4.99 Å². The second-order valence-electron chi connectivity index (χ2n) is 9.34. The molecule has 0 spiro atoms. The number of aliphatic imine (C=N–C) groups is 1. The Morgan fingerprint density at radius 3 is 2.71 bits per heavy atom. The fourth-order valence-electron chi connectivity index (χ4n) is 4.99. The van der Waals surface area contributed by atoms with Crippen LogP contribution in [0.5, 0.6) is 0 Å². The molecule has 0 radical (unpaired) electrons. The number of piperidine rings is 1. The molecule has 0 aromatic heterocycles. The zero-order chi connectivity index (χ0) is 24.2. The number of likely N-dealkylation sites (tertiary alicyclic amines) is 1. The van der Waals surface area contributed by atoms with Gasteiger partial charge in [-0.25, -0.2) is 0 Å². The van der Waals surface area contributed by atoms with E-state index in [-0.39, 0.29) is 30.2 Å². The van der Waals surface area contributed by atoms with Gasteiger partial charge in [0.15, 0.2) is 5.17 Å². The van der Waals surface area contributed by atoms with Crippen molar-refractivity contribution in [2.75, 3.05) is 18.4 Å². The number of hydrogen-bond acceptors (Lipinski definition) is 5. The van der Waals surface area contributed by atoms with Gasteiger partial charge in [-0.2, -0.15) is 4.99 Å². The quantitative estimate of drug-likeness (QED) is 0.652. The summed E-state index contributed by atoms with van der Waals surface area (Å²) in [6.07, 6.45) is 6.47. The van der Waals surface area contributed by atoms with Gasteiger partial charge in [-0.15, -0.1) is 0 Å². The highest BCUT2D eigenvalue weighted by molar-refractivity contribution is 8.15. The number of carbonyl (C=O) groups is 3. The molecule has 35 heavy (non-hydrogen) atoms. The van der Waals surface area contributed by atoms with Crippen molar-refractivity contribution in [3.63, 3.8) is 0 Å². The largest absolute Gasteiger partial charge is 0.351 e. The topological polar surface area (TPSA) is 90.9 Å². The van der Waals surface area contributed by atoms with Gasteiger partial charge < -0.3 is 15.5 Å². The average molecular weight is 491 g/mol. The lowest BCUT2D eigenvalue weighted by atomic mass is 9.87. The van der Waals surface area contributed by atoms with E-state index in [1.165, 1.54) is 29.3 Å². The number of amides is 3. The number of aryl methyl sites for hydroxylation is 1. The van der Waals surface area contributed by atoms with Gasteiger partial charge in [-0.3, -0.25) is 14.4 Å². The smallest absolute Gasteiger partial charge is 0.262 e. The first kappa shape index (κ1) is 23.6. The summed E-state index contributed by atoms with van der Waals surface area (Å²) >= 11 is 1.39. The molecule has 2 N–H and O–H groups in total. The molecule has 7 nitrogen and oxygen atoms in total. The lowest BCUT2D eigenvalue weighted by molar-refractivity contribution is -0.121. The number of amidine groups is 1. The van der Waals surface area contributed by atoms with Crippen LogP contribution in [-0.4, -0.2) is 46.1 Å². The summed E-state index contributed by atoms with van der Waals surface area (Å²) in [6.45, 7) is 1.83. The molecule has 1 saturated heterocycles. The van der Waals surface area contributed by atoms with E-state index < -0.39 is 5.25 Å². The summed E-state index contributed by atoms with van der Waals surface area (Å²) in [4.78, 5) is 44.4. The lowest BCUT2D eigenvalue weighted by Gasteiger charge is -2.27. The van der Waals surface area contributed by atoms with Crippen molar-refractivity contribution >= 4 is 40.3 Å². The van der Waals surface area contributed by atoms with Crippen LogP contribution >= 0.6 is 11.8 Å². The standard InChI is InChI=1S/C27H30N4O3S/c32-24(17-23-26(34)30-27(35-23)31-14-4-1-5-15-31)28-20-11-6-10-19(16-20)25(33)29-22-13-7-9-18-8-2-3-12-21(18)22/h2-3,6,8,10-12,16,22-23H,1,4-5,7,9,13-15,17H2,(H,28,32)(H,29,33)/t22-,23+/m1/s1. The molecular weight excluding hydrogens is 460 g/mol. The van der Waals surface area contributed by atoms with Gasteiger partial charge >= 0.3 is 0 Å². The summed E-state index contributed by atoms with van der Waals surface area (Å²) in [6, 6.07) is 15.2. The lowest BCUT2D eigenvalue weighted by Crippen LogP contribution is -2.33. The molecule has 2 aliphatic heterocycles. The number of thioether (sulfide) groups is 1. The number of nitrogens with zero attached hydrogens (tertiary/aromatic N) is 2. The second-order valence-corrected chi connectivity index (χ2v) is 10.5. The Bertz CT molecular complexity index is 1160. The Labute approximate surface area is 209 Å². The maximum absolute atomic E-state index is 13.0. The molecule has 1 fully saturated rings.